The van der Waals surface area contributed by atoms with E-state index in [-0.39, 0.29) is 23.7 Å². The van der Waals surface area contributed by atoms with Gasteiger partial charge in [-0.2, -0.15) is 0 Å². The van der Waals surface area contributed by atoms with E-state index in [1.165, 1.54) is 0 Å². The Morgan fingerprint density at radius 1 is 1.13 bits per heavy atom. The Bertz CT molecular complexity index is 716. The maximum Gasteiger partial charge on any atom is 0.242 e. The first-order valence-electron chi connectivity index (χ1n) is 7.71. The van der Waals surface area contributed by atoms with Crippen molar-refractivity contribution < 1.29 is 9.90 Å². The van der Waals surface area contributed by atoms with Gasteiger partial charge in [-0.15, -0.1) is 0 Å². The van der Waals surface area contributed by atoms with Crippen molar-refractivity contribution in [3.8, 4) is 5.75 Å². The molecule has 2 atom stereocenters. The number of aromatic hydroxyl groups is 1. The number of carbonyl (C=O) groups excluding carboxylic acids is 1. The normalized spacial score (nSPS) is 20.4. The fourth-order valence-electron chi connectivity index (χ4n) is 2.79. The average molecular weight is 311 g/mol. The lowest BCUT2D eigenvalue weighted by molar-refractivity contribution is -0.117. The molecular formula is C18H21N3O2. The SMILES string of the molecule is Cc1cc(O)c(C2CC(C(=O)Nc3ccccc3)NN2)cc1C. The molecule has 0 radical (unpaired) electrons. The quantitative estimate of drug-likeness (QED) is 0.703. The predicted octanol–water partition coefficient (Wildman–Crippen LogP) is 2.56. The molecule has 0 aromatic heterocycles. The molecule has 2 aromatic carbocycles. The highest BCUT2D eigenvalue weighted by Crippen LogP contribution is 2.32. The van der Waals surface area contributed by atoms with Crippen molar-refractivity contribution in [1.82, 2.24) is 10.9 Å². The van der Waals surface area contributed by atoms with Gasteiger partial charge in [0.2, 0.25) is 5.91 Å². The minimum atomic E-state index is -0.346. The number of phenols is 1. The van der Waals surface area contributed by atoms with Gasteiger partial charge in [-0.3, -0.25) is 4.79 Å². The number of hydrogen-bond acceptors (Lipinski definition) is 4. The molecule has 5 heteroatoms. The minimum Gasteiger partial charge on any atom is -0.508 e. The Hall–Kier alpha value is -2.37. The van der Waals surface area contributed by atoms with Crippen LogP contribution < -0.4 is 16.2 Å². The van der Waals surface area contributed by atoms with E-state index < -0.39 is 0 Å². The Labute approximate surface area is 135 Å². The number of anilines is 1. The second-order valence-electron chi connectivity index (χ2n) is 5.98. The lowest BCUT2D eigenvalue weighted by Crippen LogP contribution is -2.39. The van der Waals surface area contributed by atoms with Crippen molar-refractivity contribution in [2.75, 3.05) is 5.32 Å². The summed E-state index contributed by atoms with van der Waals surface area (Å²) in [5.74, 6) is 0.172. The highest BCUT2D eigenvalue weighted by atomic mass is 16.3. The first-order valence-corrected chi connectivity index (χ1v) is 7.71. The fourth-order valence-corrected chi connectivity index (χ4v) is 2.79. The first kappa shape index (κ1) is 15.5. The number of phenolic OH excluding ortho intramolecular Hbond substituents is 1. The highest BCUT2D eigenvalue weighted by Gasteiger charge is 2.31. The summed E-state index contributed by atoms with van der Waals surface area (Å²) in [7, 11) is 0. The van der Waals surface area contributed by atoms with Gasteiger partial charge in [0.15, 0.2) is 0 Å². The van der Waals surface area contributed by atoms with Crippen LogP contribution in [0.15, 0.2) is 42.5 Å². The molecular weight excluding hydrogens is 290 g/mol. The second-order valence-corrected chi connectivity index (χ2v) is 5.98. The summed E-state index contributed by atoms with van der Waals surface area (Å²) >= 11 is 0. The molecule has 0 saturated carbocycles. The number of hydrazine groups is 1. The minimum absolute atomic E-state index is 0.0884. The molecule has 1 heterocycles. The van der Waals surface area contributed by atoms with E-state index in [0.717, 1.165) is 22.4 Å². The van der Waals surface area contributed by atoms with Gasteiger partial charge in [-0.25, -0.2) is 10.9 Å². The van der Waals surface area contributed by atoms with E-state index >= 15 is 0 Å². The van der Waals surface area contributed by atoms with Gasteiger partial charge >= 0.3 is 0 Å². The topological polar surface area (TPSA) is 73.4 Å². The number of carbonyl (C=O) groups is 1. The molecule has 1 aliphatic heterocycles. The van der Waals surface area contributed by atoms with E-state index in [4.69, 9.17) is 0 Å². The molecule has 4 N–H and O–H groups in total. The smallest absolute Gasteiger partial charge is 0.242 e. The van der Waals surface area contributed by atoms with Gasteiger partial charge in [0.05, 0.1) is 6.04 Å². The van der Waals surface area contributed by atoms with Crippen molar-refractivity contribution >= 4 is 11.6 Å². The number of aryl methyl sites for hydroxylation is 2. The third-order valence-corrected chi connectivity index (χ3v) is 4.28. The Morgan fingerprint density at radius 3 is 2.57 bits per heavy atom. The van der Waals surface area contributed by atoms with E-state index in [0.29, 0.717) is 6.42 Å². The van der Waals surface area contributed by atoms with E-state index in [1.54, 1.807) is 6.07 Å². The van der Waals surface area contributed by atoms with Crippen LogP contribution in [0.1, 0.15) is 29.2 Å². The van der Waals surface area contributed by atoms with E-state index in [2.05, 4.69) is 16.2 Å². The van der Waals surface area contributed by atoms with Gasteiger partial charge in [0, 0.05) is 11.3 Å². The predicted molar refractivity (Wildman–Crippen MR) is 90.1 cm³/mol. The number of nitrogens with one attached hydrogen (secondary N) is 3. The summed E-state index contributed by atoms with van der Waals surface area (Å²) in [6.45, 7) is 3.98. The largest absolute Gasteiger partial charge is 0.508 e. The van der Waals surface area contributed by atoms with Crippen molar-refractivity contribution in [2.45, 2.75) is 32.4 Å². The molecule has 1 fully saturated rings. The molecule has 1 amide bonds. The molecule has 3 rings (SSSR count). The molecule has 23 heavy (non-hydrogen) atoms. The molecule has 120 valence electrons. The molecule has 0 spiro atoms. The van der Waals surface area contributed by atoms with Gasteiger partial charge in [0.1, 0.15) is 11.8 Å². The van der Waals surface area contributed by atoms with Crippen LogP contribution in [-0.4, -0.2) is 17.1 Å². The number of para-hydroxylation sites is 1. The van der Waals surface area contributed by atoms with Crippen LogP contribution in [0.25, 0.3) is 0 Å². The maximum absolute atomic E-state index is 12.3. The molecule has 1 aliphatic rings. The third kappa shape index (κ3) is 3.36. The number of benzene rings is 2. The monoisotopic (exact) mass is 311 g/mol. The van der Waals surface area contributed by atoms with Crippen LogP contribution in [0.3, 0.4) is 0 Å². The molecule has 2 unspecified atom stereocenters. The van der Waals surface area contributed by atoms with Crippen LogP contribution in [-0.2, 0) is 4.79 Å². The summed E-state index contributed by atoms with van der Waals surface area (Å²) in [5, 5.41) is 13.1. The number of hydrogen-bond donors (Lipinski definition) is 4. The van der Waals surface area contributed by atoms with Crippen molar-refractivity contribution in [3.63, 3.8) is 0 Å². The summed E-state index contributed by atoms with van der Waals surface area (Å²) in [4.78, 5) is 12.3. The zero-order valence-corrected chi connectivity index (χ0v) is 13.3. The molecule has 5 nitrogen and oxygen atoms in total. The van der Waals surface area contributed by atoms with Gasteiger partial charge < -0.3 is 10.4 Å². The number of rotatable bonds is 3. The fraction of sp³-hybridized carbons (Fsp3) is 0.278. The highest BCUT2D eigenvalue weighted by molar-refractivity contribution is 5.95. The zero-order chi connectivity index (χ0) is 16.4. The molecule has 0 bridgehead atoms. The van der Waals surface area contributed by atoms with Crippen LogP contribution >= 0.6 is 0 Å². The lowest BCUT2D eigenvalue weighted by Gasteiger charge is -2.14. The lowest BCUT2D eigenvalue weighted by atomic mass is 9.97. The summed E-state index contributed by atoms with van der Waals surface area (Å²) in [6.07, 6.45) is 0.578. The molecule has 1 saturated heterocycles. The number of amides is 1. The van der Waals surface area contributed by atoms with Crippen molar-refractivity contribution in [2.24, 2.45) is 0 Å². The molecule has 0 aliphatic carbocycles. The maximum atomic E-state index is 12.3. The summed E-state index contributed by atoms with van der Waals surface area (Å²) < 4.78 is 0. The van der Waals surface area contributed by atoms with Crippen molar-refractivity contribution in [3.05, 3.63) is 59.2 Å². The average Bonchev–Trinajstić information content (AvgIpc) is 3.02. The Kier molecular flexibility index (Phi) is 4.32. The van der Waals surface area contributed by atoms with Gasteiger partial charge in [-0.05, 0) is 49.6 Å². The van der Waals surface area contributed by atoms with Crippen LogP contribution in [0.5, 0.6) is 5.75 Å². The summed E-state index contributed by atoms with van der Waals surface area (Å²) in [6, 6.07) is 12.7. The molecule has 2 aromatic rings. The van der Waals surface area contributed by atoms with Crippen LogP contribution in [0.2, 0.25) is 0 Å². The second kappa shape index (κ2) is 6.40. The van der Waals surface area contributed by atoms with E-state index in [1.807, 2.05) is 50.2 Å². The van der Waals surface area contributed by atoms with Crippen molar-refractivity contribution in [1.29, 1.82) is 0 Å². The standard InChI is InChI=1S/C18H21N3O2/c1-11-8-14(17(22)9-12(11)2)15-10-16(21-20-15)18(23)19-13-6-4-3-5-7-13/h3-9,15-16,20-22H,10H2,1-2H3,(H,19,23). The third-order valence-electron chi connectivity index (χ3n) is 4.28. The Balaban J connectivity index is 1.69. The first-order chi connectivity index (χ1) is 11.0. The Morgan fingerprint density at radius 2 is 1.83 bits per heavy atom. The van der Waals surface area contributed by atoms with Crippen LogP contribution in [0, 0.1) is 13.8 Å². The van der Waals surface area contributed by atoms with E-state index in [9.17, 15) is 9.90 Å². The van der Waals surface area contributed by atoms with Crippen LogP contribution in [0.4, 0.5) is 5.69 Å². The summed E-state index contributed by atoms with van der Waals surface area (Å²) in [5.41, 5.74) is 9.88. The zero-order valence-electron chi connectivity index (χ0n) is 13.3. The van der Waals surface area contributed by atoms with Gasteiger partial charge in [0.25, 0.3) is 0 Å². The van der Waals surface area contributed by atoms with Gasteiger partial charge in [-0.1, -0.05) is 24.3 Å².